The van der Waals surface area contributed by atoms with E-state index in [0.29, 0.717) is 12.5 Å². The minimum atomic E-state index is 0.332. The van der Waals surface area contributed by atoms with E-state index in [1.165, 1.54) is 13.0 Å². The highest BCUT2D eigenvalue weighted by Gasteiger charge is 2.06. The average Bonchev–Trinajstić information content (AvgIpc) is 2.57. The summed E-state index contributed by atoms with van der Waals surface area (Å²) in [5.74, 6) is 0.473. The van der Waals surface area contributed by atoms with Crippen LogP contribution in [-0.4, -0.2) is 36.2 Å². The third-order valence-corrected chi connectivity index (χ3v) is 2.38. The summed E-state index contributed by atoms with van der Waals surface area (Å²) in [7, 11) is 0. The molecule has 0 spiro atoms. The van der Waals surface area contributed by atoms with E-state index in [1.807, 2.05) is 0 Å². The van der Waals surface area contributed by atoms with Gasteiger partial charge in [-0.3, -0.25) is 4.90 Å². The first-order valence-electron chi connectivity index (χ1n) is 4.81. The van der Waals surface area contributed by atoms with E-state index in [2.05, 4.69) is 24.0 Å². The van der Waals surface area contributed by atoms with E-state index in [0.717, 1.165) is 19.5 Å². The number of aliphatic hydroxyl groups excluding tert-OH is 1. The van der Waals surface area contributed by atoms with Crippen LogP contribution in [0, 0.1) is 5.92 Å². The van der Waals surface area contributed by atoms with Crippen molar-refractivity contribution < 1.29 is 5.11 Å². The Labute approximate surface area is 74.9 Å². The van der Waals surface area contributed by atoms with Gasteiger partial charge in [-0.05, 0) is 25.3 Å². The van der Waals surface area contributed by atoms with E-state index in [9.17, 15) is 0 Å². The molecule has 0 aromatic rings. The zero-order valence-corrected chi connectivity index (χ0v) is 7.87. The Morgan fingerprint density at radius 2 is 2.08 bits per heavy atom. The van der Waals surface area contributed by atoms with Crippen LogP contribution in [0.4, 0.5) is 0 Å². The molecule has 1 N–H and O–H groups in total. The highest BCUT2D eigenvalue weighted by molar-refractivity contribution is 4.94. The molecule has 0 saturated heterocycles. The molecule has 12 heavy (non-hydrogen) atoms. The Morgan fingerprint density at radius 1 is 1.42 bits per heavy atom. The lowest BCUT2D eigenvalue weighted by Crippen LogP contribution is -2.21. The summed E-state index contributed by atoms with van der Waals surface area (Å²) in [5, 5.41) is 8.80. The van der Waals surface area contributed by atoms with Crippen LogP contribution >= 0.6 is 0 Å². The van der Waals surface area contributed by atoms with Gasteiger partial charge in [-0.1, -0.05) is 19.1 Å². The van der Waals surface area contributed by atoms with Crippen LogP contribution in [0.5, 0.6) is 0 Å². The number of aliphatic hydroxyl groups is 1. The Hall–Kier alpha value is -0.340. The summed E-state index contributed by atoms with van der Waals surface area (Å²) < 4.78 is 0. The molecule has 1 rings (SSSR count). The molecule has 0 aromatic heterocycles. The zero-order valence-electron chi connectivity index (χ0n) is 7.87. The predicted octanol–water partition coefficient (Wildman–Crippen LogP) is 1.27. The van der Waals surface area contributed by atoms with Crippen LogP contribution in [-0.2, 0) is 0 Å². The van der Waals surface area contributed by atoms with Gasteiger partial charge >= 0.3 is 0 Å². The minimum absolute atomic E-state index is 0.332. The SMILES string of the molecule is CC(CO)CCCN1CC=CC1. The number of rotatable bonds is 5. The van der Waals surface area contributed by atoms with Gasteiger partial charge in [0.2, 0.25) is 0 Å². The van der Waals surface area contributed by atoms with E-state index >= 15 is 0 Å². The zero-order chi connectivity index (χ0) is 8.81. The maximum Gasteiger partial charge on any atom is 0.0456 e. The molecule has 2 nitrogen and oxygen atoms in total. The maximum atomic E-state index is 8.80. The normalized spacial score (nSPS) is 20.2. The van der Waals surface area contributed by atoms with Crippen molar-refractivity contribution in [3.05, 3.63) is 12.2 Å². The van der Waals surface area contributed by atoms with Crippen LogP contribution in [0.15, 0.2) is 12.2 Å². The highest BCUT2D eigenvalue weighted by atomic mass is 16.3. The van der Waals surface area contributed by atoms with Crippen molar-refractivity contribution in [2.45, 2.75) is 19.8 Å². The Morgan fingerprint density at radius 3 is 2.67 bits per heavy atom. The fourth-order valence-corrected chi connectivity index (χ4v) is 1.46. The van der Waals surface area contributed by atoms with Crippen LogP contribution in [0.3, 0.4) is 0 Å². The monoisotopic (exact) mass is 169 g/mol. The van der Waals surface area contributed by atoms with Gasteiger partial charge in [0.1, 0.15) is 0 Å². The molecular formula is C10H19NO. The van der Waals surface area contributed by atoms with Crippen molar-refractivity contribution in [1.82, 2.24) is 4.90 Å². The van der Waals surface area contributed by atoms with Gasteiger partial charge in [-0.25, -0.2) is 0 Å². The van der Waals surface area contributed by atoms with Crippen LogP contribution in [0.2, 0.25) is 0 Å². The van der Waals surface area contributed by atoms with Gasteiger partial charge in [0, 0.05) is 19.7 Å². The molecule has 0 saturated carbocycles. The predicted molar refractivity (Wildman–Crippen MR) is 51.1 cm³/mol. The maximum absolute atomic E-state index is 8.80. The fourth-order valence-electron chi connectivity index (χ4n) is 1.46. The molecule has 1 unspecified atom stereocenters. The third-order valence-electron chi connectivity index (χ3n) is 2.38. The minimum Gasteiger partial charge on any atom is -0.396 e. The third kappa shape index (κ3) is 3.37. The number of hydrogen-bond acceptors (Lipinski definition) is 2. The molecule has 0 fully saturated rings. The molecular weight excluding hydrogens is 150 g/mol. The van der Waals surface area contributed by atoms with Gasteiger partial charge < -0.3 is 5.11 Å². The molecule has 0 amide bonds. The van der Waals surface area contributed by atoms with Gasteiger partial charge in [-0.15, -0.1) is 0 Å². The first kappa shape index (κ1) is 9.75. The van der Waals surface area contributed by atoms with Crippen molar-refractivity contribution in [2.75, 3.05) is 26.2 Å². The molecule has 0 radical (unpaired) electrons. The van der Waals surface area contributed by atoms with Crippen molar-refractivity contribution in [1.29, 1.82) is 0 Å². The summed E-state index contributed by atoms with van der Waals surface area (Å²) >= 11 is 0. The van der Waals surface area contributed by atoms with Crippen molar-refractivity contribution in [3.8, 4) is 0 Å². The van der Waals surface area contributed by atoms with Gasteiger partial charge in [0.25, 0.3) is 0 Å². The van der Waals surface area contributed by atoms with Crippen molar-refractivity contribution >= 4 is 0 Å². The molecule has 1 aliphatic rings. The van der Waals surface area contributed by atoms with Crippen LogP contribution in [0.1, 0.15) is 19.8 Å². The topological polar surface area (TPSA) is 23.5 Å². The standard InChI is InChI=1S/C10H19NO/c1-10(9-12)5-4-8-11-6-2-3-7-11/h2-3,10,12H,4-9H2,1H3. The fraction of sp³-hybridized carbons (Fsp3) is 0.800. The van der Waals surface area contributed by atoms with E-state index < -0.39 is 0 Å². The largest absolute Gasteiger partial charge is 0.396 e. The first-order chi connectivity index (χ1) is 5.83. The van der Waals surface area contributed by atoms with E-state index in [-0.39, 0.29) is 0 Å². The molecule has 1 aliphatic heterocycles. The van der Waals surface area contributed by atoms with Crippen molar-refractivity contribution in [2.24, 2.45) is 5.92 Å². The molecule has 0 bridgehead atoms. The molecule has 1 atom stereocenters. The number of hydrogen-bond donors (Lipinski definition) is 1. The lowest BCUT2D eigenvalue weighted by molar-refractivity contribution is 0.221. The summed E-state index contributed by atoms with van der Waals surface area (Å²) in [5.41, 5.74) is 0. The molecule has 2 heteroatoms. The quantitative estimate of drug-likeness (QED) is 0.626. The summed E-state index contributed by atoms with van der Waals surface area (Å²) in [6, 6.07) is 0. The van der Waals surface area contributed by atoms with E-state index in [4.69, 9.17) is 5.11 Å². The number of nitrogens with zero attached hydrogens (tertiary/aromatic N) is 1. The second-order valence-corrected chi connectivity index (χ2v) is 3.66. The average molecular weight is 169 g/mol. The lowest BCUT2D eigenvalue weighted by atomic mass is 10.1. The molecule has 0 aromatic carbocycles. The van der Waals surface area contributed by atoms with Crippen molar-refractivity contribution in [3.63, 3.8) is 0 Å². The Kier molecular flexibility index (Phi) is 4.33. The Bertz CT molecular complexity index is 137. The van der Waals surface area contributed by atoms with Crippen LogP contribution < -0.4 is 0 Å². The second-order valence-electron chi connectivity index (χ2n) is 3.66. The summed E-state index contributed by atoms with van der Waals surface area (Å²) in [6.45, 7) is 5.85. The first-order valence-corrected chi connectivity index (χ1v) is 4.81. The lowest BCUT2D eigenvalue weighted by Gasteiger charge is -2.15. The van der Waals surface area contributed by atoms with Gasteiger partial charge in [0.05, 0.1) is 0 Å². The summed E-state index contributed by atoms with van der Waals surface area (Å²) in [4.78, 5) is 2.42. The van der Waals surface area contributed by atoms with E-state index in [1.54, 1.807) is 0 Å². The molecule has 0 aliphatic carbocycles. The second kappa shape index (κ2) is 5.33. The van der Waals surface area contributed by atoms with Gasteiger partial charge in [0.15, 0.2) is 0 Å². The highest BCUT2D eigenvalue weighted by Crippen LogP contribution is 2.07. The Balaban J connectivity index is 1.95. The van der Waals surface area contributed by atoms with Gasteiger partial charge in [-0.2, -0.15) is 0 Å². The molecule has 1 heterocycles. The molecule has 70 valence electrons. The summed E-state index contributed by atoms with van der Waals surface area (Å²) in [6.07, 6.45) is 6.79. The smallest absolute Gasteiger partial charge is 0.0456 e. The van der Waals surface area contributed by atoms with Crippen LogP contribution in [0.25, 0.3) is 0 Å².